The van der Waals surface area contributed by atoms with E-state index in [9.17, 15) is 23.1 Å². The molecule has 1 aliphatic carbocycles. The van der Waals surface area contributed by atoms with Gasteiger partial charge in [0.2, 0.25) is 0 Å². The number of aliphatic carboxylic acids is 1. The van der Waals surface area contributed by atoms with Crippen molar-refractivity contribution in [2.24, 2.45) is 5.92 Å². The lowest BCUT2D eigenvalue weighted by Crippen LogP contribution is -2.48. The first-order valence-electron chi connectivity index (χ1n) is 6.92. The van der Waals surface area contributed by atoms with Crippen LogP contribution in [0.15, 0.2) is 24.3 Å². The van der Waals surface area contributed by atoms with Gasteiger partial charge in [0.05, 0.1) is 5.56 Å². The van der Waals surface area contributed by atoms with E-state index in [4.69, 9.17) is 0 Å². The van der Waals surface area contributed by atoms with E-state index in [-0.39, 0.29) is 0 Å². The molecule has 0 unspecified atom stereocenters. The van der Waals surface area contributed by atoms with E-state index in [2.05, 4.69) is 12.2 Å². The number of halogens is 3. The lowest BCUT2D eigenvalue weighted by atomic mass is 9.77. The molecular formula is C15H18F3NO2. The zero-order chi connectivity index (χ0) is 15.7. The summed E-state index contributed by atoms with van der Waals surface area (Å²) in [6, 6.07) is 4.49. The summed E-state index contributed by atoms with van der Waals surface area (Å²) in [5.74, 6) is -0.471. The summed E-state index contributed by atoms with van der Waals surface area (Å²) >= 11 is 0. The number of carbonyl (C=O) groups is 1. The van der Waals surface area contributed by atoms with Crippen LogP contribution in [0.3, 0.4) is 0 Å². The van der Waals surface area contributed by atoms with Crippen LogP contribution in [0, 0.1) is 5.92 Å². The summed E-state index contributed by atoms with van der Waals surface area (Å²) in [7, 11) is 0. The fourth-order valence-corrected chi connectivity index (χ4v) is 2.67. The highest BCUT2D eigenvalue weighted by Crippen LogP contribution is 2.36. The maximum atomic E-state index is 12.5. The second-order valence-electron chi connectivity index (χ2n) is 5.77. The standard InChI is InChI=1S/C15H18F3NO2/c1-10-6-8-14(9-7-10,13(20)21)19-12-4-2-11(3-5-12)15(16,17)18/h2-5,10,19H,6-9H2,1H3,(H,20,21). The number of carboxylic acid groups (broad SMARTS) is 1. The van der Waals surface area contributed by atoms with Crippen LogP contribution in [-0.4, -0.2) is 16.6 Å². The summed E-state index contributed by atoms with van der Waals surface area (Å²) < 4.78 is 37.5. The topological polar surface area (TPSA) is 49.3 Å². The lowest BCUT2D eigenvalue weighted by molar-refractivity contribution is -0.143. The quantitative estimate of drug-likeness (QED) is 0.881. The Morgan fingerprint density at radius 1 is 1.24 bits per heavy atom. The zero-order valence-corrected chi connectivity index (χ0v) is 11.7. The van der Waals surface area contributed by atoms with Crippen LogP contribution in [-0.2, 0) is 11.0 Å². The molecular weight excluding hydrogens is 283 g/mol. The van der Waals surface area contributed by atoms with E-state index >= 15 is 0 Å². The van der Waals surface area contributed by atoms with Crippen LogP contribution in [0.25, 0.3) is 0 Å². The Labute approximate surface area is 121 Å². The first-order valence-corrected chi connectivity index (χ1v) is 6.92. The van der Waals surface area contributed by atoms with Crippen LogP contribution in [0.4, 0.5) is 18.9 Å². The molecule has 0 aromatic heterocycles. The highest BCUT2D eigenvalue weighted by Gasteiger charge is 2.41. The van der Waals surface area contributed by atoms with Crippen molar-refractivity contribution in [1.29, 1.82) is 0 Å². The van der Waals surface area contributed by atoms with Crippen molar-refractivity contribution in [2.75, 3.05) is 5.32 Å². The Morgan fingerprint density at radius 3 is 2.19 bits per heavy atom. The van der Waals surface area contributed by atoms with Crippen molar-refractivity contribution in [2.45, 2.75) is 44.3 Å². The summed E-state index contributed by atoms with van der Waals surface area (Å²) in [6.45, 7) is 2.07. The Morgan fingerprint density at radius 2 is 1.76 bits per heavy atom. The van der Waals surface area contributed by atoms with Crippen LogP contribution < -0.4 is 5.32 Å². The van der Waals surface area contributed by atoms with Gasteiger partial charge in [-0.1, -0.05) is 6.92 Å². The molecule has 1 aromatic carbocycles. The van der Waals surface area contributed by atoms with Crippen molar-refractivity contribution in [3.63, 3.8) is 0 Å². The Balaban J connectivity index is 2.16. The minimum atomic E-state index is -4.39. The molecule has 0 radical (unpaired) electrons. The van der Waals surface area contributed by atoms with E-state index in [0.29, 0.717) is 24.4 Å². The minimum absolute atomic E-state index is 0.403. The third kappa shape index (κ3) is 3.49. The largest absolute Gasteiger partial charge is 0.480 e. The number of anilines is 1. The van der Waals surface area contributed by atoms with E-state index in [0.717, 1.165) is 25.0 Å². The lowest BCUT2D eigenvalue weighted by Gasteiger charge is -2.37. The van der Waals surface area contributed by atoms with Gasteiger partial charge in [-0.3, -0.25) is 0 Å². The molecule has 1 fully saturated rings. The Kier molecular flexibility index (Phi) is 4.16. The van der Waals surface area contributed by atoms with Gasteiger partial charge in [-0.05, 0) is 55.9 Å². The average molecular weight is 301 g/mol. The number of alkyl halides is 3. The first-order chi connectivity index (χ1) is 9.73. The van der Waals surface area contributed by atoms with Gasteiger partial charge >= 0.3 is 12.1 Å². The molecule has 1 aliphatic rings. The van der Waals surface area contributed by atoms with Crippen molar-refractivity contribution in [1.82, 2.24) is 0 Å². The van der Waals surface area contributed by atoms with Gasteiger partial charge in [0.15, 0.2) is 0 Å². The van der Waals surface area contributed by atoms with Gasteiger partial charge < -0.3 is 10.4 Å². The van der Waals surface area contributed by atoms with E-state index < -0.39 is 23.2 Å². The van der Waals surface area contributed by atoms with Gasteiger partial charge in [0, 0.05) is 5.69 Å². The Hall–Kier alpha value is -1.72. The zero-order valence-electron chi connectivity index (χ0n) is 11.7. The van der Waals surface area contributed by atoms with Gasteiger partial charge in [0.25, 0.3) is 0 Å². The minimum Gasteiger partial charge on any atom is -0.480 e. The van der Waals surface area contributed by atoms with E-state index in [1.807, 2.05) is 0 Å². The van der Waals surface area contributed by atoms with E-state index in [1.165, 1.54) is 12.1 Å². The average Bonchev–Trinajstić information content (AvgIpc) is 2.41. The molecule has 0 spiro atoms. The number of benzene rings is 1. The monoisotopic (exact) mass is 301 g/mol. The number of hydrogen-bond donors (Lipinski definition) is 2. The molecule has 0 atom stereocenters. The maximum Gasteiger partial charge on any atom is 0.416 e. The maximum absolute atomic E-state index is 12.5. The molecule has 0 heterocycles. The molecule has 2 N–H and O–H groups in total. The number of nitrogens with one attached hydrogen (secondary N) is 1. The molecule has 2 rings (SSSR count). The Bertz CT molecular complexity index is 503. The molecule has 116 valence electrons. The van der Waals surface area contributed by atoms with Crippen molar-refractivity contribution in [3.05, 3.63) is 29.8 Å². The van der Waals surface area contributed by atoms with Crippen molar-refractivity contribution in [3.8, 4) is 0 Å². The smallest absolute Gasteiger partial charge is 0.416 e. The van der Waals surface area contributed by atoms with Crippen LogP contribution in [0.2, 0.25) is 0 Å². The van der Waals surface area contributed by atoms with Crippen molar-refractivity contribution < 1.29 is 23.1 Å². The summed E-state index contributed by atoms with van der Waals surface area (Å²) in [4.78, 5) is 11.6. The summed E-state index contributed by atoms with van der Waals surface area (Å²) in [6.07, 6.45) is -1.85. The predicted molar refractivity (Wildman–Crippen MR) is 73.1 cm³/mol. The molecule has 3 nitrogen and oxygen atoms in total. The molecule has 0 saturated heterocycles. The summed E-state index contributed by atoms with van der Waals surface area (Å²) in [5.41, 5.74) is -1.42. The van der Waals surface area contributed by atoms with Gasteiger partial charge in [-0.25, -0.2) is 4.79 Å². The predicted octanol–water partition coefficient (Wildman–Crippen LogP) is 4.15. The fraction of sp³-hybridized carbons (Fsp3) is 0.533. The van der Waals surface area contributed by atoms with Crippen LogP contribution in [0.1, 0.15) is 38.2 Å². The van der Waals surface area contributed by atoms with Crippen LogP contribution >= 0.6 is 0 Å². The molecule has 0 aliphatic heterocycles. The van der Waals surface area contributed by atoms with Gasteiger partial charge in [-0.2, -0.15) is 13.2 Å². The molecule has 1 aromatic rings. The molecule has 6 heteroatoms. The third-order valence-electron chi connectivity index (χ3n) is 4.13. The van der Waals surface area contributed by atoms with E-state index in [1.54, 1.807) is 0 Å². The highest BCUT2D eigenvalue weighted by molar-refractivity contribution is 5.83. The second kappa shape index (κ2) is 5.58. The normalized spacial score (nSPS) is 26.4. The van der Waals surface area contributed by atoms with Crippen LogP contribution in [0.5, 0.6) is 0 Å². The van der Waals surface area contributed by atoms with Crippen molar-refractivity contribution >= 4 is 11.7 Å². The van der Waals surface area contributed by atoms with Gasteiger partial charge in [-0.15, -0.1) is 0 Å². The molecule has 0 bridgehead atoms. The first kappa shape index (κ1) is 15.7. The number of hydrogen-bond acceptors (Lipinski definition) is 2. The molecule has 0 amide bonds. The highest BCUT2D eigenvalue weighted by atomic mass is 19.4. The SMILES string of the molecule is CC1CCC(Nc2ccc(C(F)(F)F)cc2)(C(=O)O)CC1. The molecule has 1 saturated carbocycles. The molecule has 21 heavy (non-hydrogen) atoms. The number of carboxylic acids is 1. The second-order valence-corrected chi connectivity index (χ2v) is 5.77. The fourth-order valence-electron chi connectivity index (χ4n) is 2.67. The third-order valence-corrected chi connectivity index (χ3v) is 4.13. The number of rotatable bonds is 3. The summed E-state index contributed by atoms with van der Waals surface area (Å²) in [5, 5.41) is 12.4. The van der Waals surface area contributed by atoms with Gasteiger partial charge in [0.1, 0.15) is 5.54 Å².